The van der Waals surface area contributed by atoms with Gasteiger partial charge in [-0.2, -0.15) is 0 Å². The van der Waals surface area contributed by atoms with Crippen molar-refractivity contribution in [3.63, 3.8) is 0 Å². The van der Waals surface area contributed by atoms with Crippen LogP contribution in [0.4, 0.5) is 0 Å². The first kappa shape index (κ1) is 18.6. The summed E-state index contributed by atoms with van der Waals surface area (Å²) in [5.41, 5.74) is 0.815. The number of carbonyl (C=O) groups excluding carboxylic acids is 2. The van der Waals surface area contributed by atoms with Crippen molar-refractivity contribution in [1.82, 2.24) is 0 Å². The fraction of sp³-hybridized carbons (Fsp3) is 0.556. The molecule has 1 atom stereocenters. The molecule has 1 aromatic rings. The van der Waals surface area contributed by atoms with E-state index >= 15 is 0 Å². The van der Waals surface area contributed by atoms with E-state index in [1.165, 1.54) is 12.1 Å². The van der Waals surface area contributed by atoms with Gasteiger partial charge in [-0.25, -0.2) is 8.42 Å². The summed E-state index contributed by atoms with van der Waals surface area (Å²) in [7, 11) is -3.53. The number of sulfone groups is 1. The number of ketones is 1. The Morgan fingerprint density at radius 2 is 1.92 bits per heavy atom. The van der Waals surface area contributed by atoms with Crippen molar-refractivity contribution in [2.24, 2.45) is 5.92 Å². The smallest absolute Gasteiger partial charge is 0.310 e. The minimum Gasteiger partial charge on any atom is -0.465 e. The lowest BCUT2D eigenvalue weighted by Crippen LogP contribution is -2.20. The molecule has 1 saturated heterocycles. The van der Waals surface area contributed by atoms with E-state index in [4.69, 9.17) is 4.74 Å². The second-order valence-electron chi connectivity index (χ2n) is 6.25. The molecule has 0 bridgehead atoms. The van der Waals surface area contributed by atoms with Gasteiger partial charge in [-0.3, -0.25) is 9.59 Å². The molecular formula is C18H24O5S. The van der Waals surface area contributed by atoms with Crippen LogP contribution in [0, 0.1) is 5.92 Å². The van der Waals surface area contributed by atoms with E-state index in [1.807, 2.05) is 0 Å². The summed E-state index contributed by atoms with van der Waals surface area (Å²) in [5, 5.41) is 0. The third-order valence-electron chi connectivity index (χ3n) is 4.21. The second-order valence-corrected chi connectivity index (χ2v) is 8.29. The van der Waals surface area contributed by atoms with Crippen LogP contribution < -0.4 is 0 Å². The van der Waals surface area contributed by atoms with Gasteiger partial charge in [0.25, 0.3) is 0 Å². The zero-order chi connectivity index (χ0) is 17.6. The second kappa shape index (κ2) is 8.42. The molecule has 1 aliphatic heterocycles. The van der Waals surface area contributed by atoms with Crippen LogP contribution in [0.25, 0.3) is 0 Å². The number of hydrogen-bond donors (Lipinski definition) is 0. The minimum atomic E-state index is -3.53. The molecule has 0 amide bonds. The SMILES string of the molecule is CCCCCC(=O)Cc1ccc(S(=O)(=O)C[C@H]2CCOC2=O)cc1. The standard InChI is InChI=1S/C18H24O5S/c1-2-3-4-5-16(19)12-14-6-8-17(9-7-14)24(21,22)13-15-10-11-23-18(15)20/h6-9,15H,2-5,10-13H2,1H3/t15-/m1/s1. The summed E-state index contributed by atoms with van der Waals surface area (Å²) in [6.45, 7) is 2.38. The van der Waals surface area contributed by atoms with Crippen molar-refractivity contribution in [1.29, 1.82) is 0 Å². The molecule has 132 valence electrons. The van der Waals surface area contributed by atoms with Crippen molar-refractivity contribution in [3.05, 3.63) is 29.8 Å². The molecule has 0 aromatic heterocycles. The molecule has 24 heavy (non-hydrogen) atoms. The van der Waals surface area contributed by atoms with Gasteiger partial charge < -0.3 is 4.74 Å². The van der Waals surface area contributed by atoms with Crippen LogP contribution in [-0.4, -0.2) is 32.5 Å². The Bertz CT molecular complexity index is 676. The van der Waals surface area contributed by atoms with Gasteiger partial charge in [0.15, 0.2) is 9.84 Å². The van der Waals surface area contributed by atoms with Gasteiger partial charge in [0.2, 0.25) is 0 Å². The predicted molar refractivity (Wildman–Crippen MR) is 90.4 cm³/mol. The molecule has 0 saturated carbocycles. The Morgan fingerprint density at radius 3 is 2.50 bits per heavy atom. The highest BCUT2D eigenvalue weighted by Crippen LogP contribution is 2.21. The first-order valence-corrected chi connectivity index (χ1v) is 10.1. The Morgan fingerprint density at radius 1 is 1.21 bits per heavy atom. The topological polar surface area (TPSA) is 77.5 Å². The lowest BCUT2D eigenvalue weighted by Gasteiger charge is -2.08. The summed E-state index contributed by atoms with van der Waals surface area (Å²) >= 11 is 0. The third-order valence-corrected chi connectivity index (χ3v) is 6.04. The van der Waals surface area contributed by atoms with Crippen LogP contribution in [0.2, 0.25) is 0 Å². The highest BCUT2D eigenvalue weighted by molar-refractivity contribution is 7.91. The number of unbranched alkanes of at least 4 members (excludes halogenated alkanes) is 2. The zero-order valence-corrected chi connectivity index (χ0v) is 14.8. The van der Waals surface area contributed by atoms with Gasteiger partial charge in [0.1, 0.15) is 5.78 Å². The van der Waals surface area contributed by atoms with Gasteiger partial charge in [0, 0.05) is 12.8 Å². The Balaban J connectivity index is 1.95. The summed E-state index contributed by atoms with van der Waals surface area (Å²) in [6.07, 6.45) is 4.37. The van der Waals surface area contributed by atoms with E-state index in [1.54, 1.807) is 12.1 Å². The van der Waals surface area contributed by atoms with Crippen molar-refractivity contribution in [3.8, 4) is 0 Å². The molecule has 0 aliphatic carbocycles. The summed E-state index contributed by atoms with van der Waals surface area (Å²) in [5.74, 6) is -1.06. The number of hydrogen-bond acceptors (Lipinski definition) is 5. The molecule has 2 rings (SSSR count). The number of esters is 1. The van der Waals surface area contributed by atoms with E-state index in [0.717, 1.165) is 24.8 Å². The third kappa shape index (κ3) is 5.16. The van der Waals surface area contributed by atoms with Crippen LogP contribution >= 0.6 is 0 Å². The molecule has 6 heteroatoms. The first-order chi connectivity index (χ1) is 11.4. The van der Waals surface area contributed by atoms with Crippen LogP contribution in [0.3, 0.4) is 0 Å². The zero-order valence-electron chi connectivity index (χ0n) is 14.0. The lowest BCUT2D eigenvalue weighted by atomic mass is 10.0. The molecule has 1 aromatic carbocycles. The highest BCUT2D eigenvalue weighted by atomic mass is 32.2. The summed E-state index contributed by atoms with van der Waals surface area (Å²) in [4.78, 5) is 23.5. The van der Waals surface area contributed by atoms with E-state index < -0.39 is 21.7 Å². The predicted octanol–water partition coefficient (Wildman–Crippen LogP) is 2.72. The number of cyclic esters (lactones) is 1. The van der Waals surface area contributed by atoms with Crippen molar-refractivity contribution in [2.75, 3.05) is 12.4 Å². The number of ether oxygens (including phenoxy) is 1. The average Bonchev–Trinajstić information content (AvgIpc) is 2.92. The molecule has 0 radical (unpaired) electrons. The van der Waals surface area contributed by atoms with E-state index in [9.17, 15) is 18.0 Å². The Kier molecular flexibility index (Phi) is 6.54. The minimum absolute atomic E-state index is 0.174. The monoisotopic (exact) mass is 352 g/mol. The van der Waals surface area contributed by atoms with E-state index in [0.29, 0.717) is 19.3 Å². The average molecular weight is 352 g/mol. The van der Waals surface area contributed by atoms with E-state index in [-0.39, 0.29) is 23.0 Å². The van der Waals surface area contributed by atoms with Crippen LogP contribution in [0.15, 0.2) is 29.2 Å². The highest BCUT2D eigenvalue weighted by Gasteiger charge is 2.32. The van der Waals surface area contributed by atoms with Gasteiger partial charge in [-0.05, 0) is 30.5 Å². The van der Waals surface area contributed by atoms with Crippen molar-refractivity contribution >= 4 is 21.6 Å². The van der Waals surface area contributed by atoms with Crippen LogP contribution in [-0.2, 0) is 30.6 Å². The first-order valence-electron chi connectivity index (χ1n) is 8.42. The molecule has 0 spiro atoms. The number of benzene rings is 1. The summed E-state index contributed by atoms with van der Waals surface area (Å²) in [6, 6.07) is 6.39. The molecule has 0 N–H and O–H groups in total. The fourth-order valence-corrected chi connectivity index (χ4v) is 4.33. The van der Waals surface area contributed by atoms with Crippen molar-refractivity contribution < 1.29 is 22.7 Å². The van der Waals surface area contributed by atoms with Gasteiger partial charge >= 0.3 is 5.97 Å². The molecule has 0 unspecified atom stereocenters. The van der Waals surface area contributed by atoms with Crippen molar-refractivity contribution in [2.45, 2.75) is 50.3 Å². The largest absolute Gasteiger partial charge is 0.465 e. The molecular weight excluding hydrogens is 328 g/mol. The fourth-order valence-electron chi connectivity index (χ4n) is 2.75. The molecule has 1 fully saturated rings. The number of rotatable bonds is 9. The number of carbonyl (C=O) groups is 2. The maximum Gasteiger partial charge on any atom is 0.310 e. The lowest BCUT2D eigenvalue weighted by molar-refractivity contribution is -0.140. The molecule has 1 heterocycles. The maximum atomic E-state index is 12.4. The molecule has 1 aliphatic rings. The van der Waals surface area contributed by atoms with Crippen LogP contribution in [0.1, 0.15) is 44.6 Å². The van der Waals surface area contributed by atoms with Gasteiger partial charge in [-0.1, -0.05) is 31.9 Å². The Labute approximate surface area is 143 Å². The normalized spacial score (nSPS) is 17.7. The van der Waals surface area contributed by atoms with E-state index in [2.05, 4.69) is 6.92 Å². The van der Waals surface area contributed by atoms with Crippen LogP contribution in [0.5, 0.6) is 0 Å². The van der Waals surface area contributed by atoms with Gasteiger partial charge in [0.05, 0.1) is 23.2 Å². The quantitative estimate of drug-likeness (QED) is 0.504. The molecule has 5 nitrogen and oxygen atoms in total. The van der Waals surface area contributed by atoms with Gasteiger partial charge in [-0.15, -0.1) is 0 Å². The maximum absolute atomic E-state index is 12.4. The Hall–Kier alpha value is -1.69. The summed E-state index contributed by atoms with van der Waals surface area (Å²) < 4.78 is 29.5. The number of Topliss-reactive ketones (excluding diaryl/α,β-unsaturated/α-hetero) is 1.